The Morgan fingerprint density at radius 3 is 2.86 bits per heavy atom. The van der Waals surface area contributed by atoms with Gasteiger partial charge in [-0.25, -0.2) is 0 Å². The Labute approximate surface area is 129 Å². The molecule has 21 heavy (non-hydrogen) atoms. The first-order valence-electron chi connectivity index (χ1n) is 7.26. The molecule has 0 radical (unpaired) electrons. The number of carbonyl (C=O) groups is 1. The summed E-state index contributed by atoms with van der Waals surface area (Å²) in [6.45, 7) is 0.871. The maximum absolute atomic E-state index is 12.5. The lowest BCUT2D eigenvalue weighted by molar-refractivity contribution is 0.102. The largest absolute Gasteiger partial charge is 0.321 e. The Hall–Kier alpha value is -1.65. The molecule has 1 amide bonds. The van der Waals surface area contributed by atoms with Gasteiger partial charge >= 0.3 is 0 Å². The van der Waals surface area contributed by atoms with Crippen molar-refractivity contribution in [1.29, 1.82) is 0 Å². The molecule has 0 unspecified atom stereocenters. The zero-order valence-electron chi connectivity index (χ0n) is 12.4. The molecule has 0 atom stereocenters. The van der Waals surface area contributed by atoms with Crippen LogP contribution in [0.1, 0.15) is 39.6 Å². The number of thiophene rings is 1. The molecule has 110 valence electrons. The van der Waals surface area contributed by atoms with Gasteiger partial charge in [-0.2, -0.15) is 0 Å². The fourth-order valence-corrected chi connectivity index (χ4v) is 3.40. The molecule has 0 bridgehead atoms. The third-order valence-corrected chi connectivity index (χ3v) is 4.53. The second kappa shape index (κ2) is 6.00. The van der Waals surface area contributed by atoms with E-state index in [0.29, 0.717) is 5.92 Å². The Kier molecular flexibility index (Phi) is 4.08. The van der Waals surface area contributed by atoms with Gasteiger partial charge in [0, 0.05) is 12.2 Å². The monoisotopic (exact) mass is 300 g/mol. The lowest BCUT2D eigenvalue weighted by Gasteiger charge is -2.11. The highest BCUT2D eigenvalue weighted by molar-refractivity contribution is 7.12. The number of benzene rings is 1. The standard InChI is InChI=1S/C17H20N2OS/c1-19(2)11-12-4-3-5-14(10-12)18-17(20)16-15(8-9-21-16)13-6-7-13/h3-5,8-10,13H,6-7,11H2,1-2H3,(H,18,20). The summed E-state index contributed by atoms with van der Waals surface area (Å²) < 4.78 is 0. The summed E-state index contributed by atoms with van der Waals surface area (Å²) in [5.74, 6) is 0.631. The van der Waals surface area contributed by atoms with Crippen LogP contribution in [0, 0.1) is 0 Å². The van der Waals surface area contributed by atoms with Crippen LogP contribution in [0.25, 0.3) is 0 Å². The molecule has 1 aliphatic rings. The second-order valence-electron chi connectivity index (χ2n) is 5.87. The minimum atomic E-state index is 0.0221. The predicted octanol–water partition coefficient (Wildman–Crippen LogP) is 3.94. The van der Waals surface area contributed by atoms with Gasteiger partial charge in [-0.3, -0.25) is 4.79 Å². The molecule has 1 aromatic carbocycles. The Morgan fingerprint density at radius 1 is 1.33 bits per heavy atom. The molecule has 1 fully saturated rings. The molecule has 1 heterocycles. The smallest absolute Gasteiger partial charge is 0.266 e. The van der Waals surface area contributed by atoms with Crippen LogP contribution in [0.3, 0.4) is 0 Å². The maximum atomic E-state index is 12.5. The van der Waals surface area contributed by atoms with E-state index in [1.54, 1.807) is 0 Å². The van der Waals surface area contributed by atoms with Gasteiger partial charge < -0.3 is 10.2 Å². The lowest BCUT2D eigenvalue weighted by atomic mass is 10.1. The SMILES string of the molecule is CN(C)Cc1cccc(NC(=O)c2sccc2C2CC2)c1. The summed E-state index contributed by atoms with van der Waals surface area (Å²) in [6.07, 6.45) is 2.44. The van der Waals surface area contributed by atoms with Gasteiger partial charge in [0.25, 0.3) is 5.91 Å². The number of hydrogen-bond acceptors (Lipinski definition) is 3. The summed E-state index contributed by atoms with van der Waals surface area (Å²) in [7, 11) is 4.08. The fourth-order valence-electron chi connectivity index (χ4n) is 2.52. The van der Waals surface area contributed by atoms with Crippen LogP contribution in [0.4, 0.5) is 5.69 Å². The first-order chi connectivity index (χ1) is 10.1. The van der Waals surface area contributed by atoms with Crippen LogP contribution < -0.4 is 5.32 Å². The topological polar surface area (TPSA) is 32.3 Å². The van der Waals surface area contributed by atoms with Crippen LogP contribution in [0.5, 0.6) is 0 Å². The van der Waals surface area contributed by atoms with Crippen LogP contribution in [0.15, 0.2) is 35.7 Å². The predicted molar refractivity (Wildman–Crippen MR) is 88.1 cm³/mol. The summed E-state index contributed by atoms with van der Waals surface area (Å²) in [4.78, 5) is 15.4. The average molecular weight is 300 g/mol. The molecule has 3 rings (SSSR count). The molecule has 1 saturated carbocycles. The zero-order valence-corrected chi connectivity index (χ0v) is 13.2. The van der Waals surface area contributed by atoms with Crippen molar-refractivity contribution in [3.05, 3.63) is 51.7 Å². The molecule has 1 aromatic heterocycles. The molecule has 3 nitrogen and oxygen atoms in total. The van der Waals surface area contributed by atoms with Crippen molar-refractivity contribution in [2.45, 2.75) is 25.3 Å². The number of hydrogen-bond donors (Lipinski definition) is 1. The number of amides is 1. The van der Waals surface area contributed by atoms with Gasteiger partial charge in [0.2, 0.25) is 0 Å². The van der Waals surface area contributed by atoms with E-state index in [1.807, 2.05) is 37.7 Å². The van der Waals surface area contributed by atoms with Crippen molar-refractivity contribution in [2.24, 2.45) is 0 Å². The highest BCUT2D eigenvalue weighted by atomic mass is 32.1. The van der Waals surface area contributed by atoms with Gasteiger partial charge in [0.05, 0.1) is 4.88 Å². The summed E-state index contributed by atoms with van der Waals surface area (Å²) in [6, 6.07) is 10.2. The van der Waals surface area contributed by atoms with E-state index >= 15 is 0 Å². The van der Waals surface area contributed by atoms with E-state index in [0.717, 1.165) is 17.1 Å². The zero-order chi connectivity index (χ0) is 14.8. The van der Waals surface area contributed by atoms with Gasteiger partial charge in [-0.1, -0.05) is 12.1 Å². The first-order valence-corrected chi connectivity index (χ1v) is 8.14. The average Bonchev–Trinajstić information content (AvgIpc) is 3.15. The number of carbonyl (C=O) groups excluding carboxylic acids is 1. The Balaban J connectivity index is 1.73. The van der Waals surface area contributed by atoms with Gasteiger partial charge in [0.15, 0.2) is 0 Å². The third-order valence-electron chi connectivity index (χ3n) is 3.60. The van der Waals surface area contributed by atoms with E-state index in [2.05, 4.69) is 22.3 Å². The molecule has 1 aliphatic carbocycles. The van der Waals surface area contributed by atoms with Crippen molar-refractivity contribution in [2.75, 3.05) is 19.4 Å². The summed E-state index contributed by atoms with van der Waals surface area (Å²) in [5, 5.41) is 5.05. The molecular formula is C17H20N2OS. The van der Waals surface area contributed by atoms with Gasteiger partial charge in [-0.05, 0) is 67.6 Å². The summed E-state index contributed by atoms with van der Waals surface area (Å²) in [5.41, 5.74) is 3.29. The minimum Gasteiger partial charge on any atom is -0.321 e. The van der Waals surface area contributed by atoms with Crippen LogP contribution in [0.2, 0.25) is 0 Å². The van der Waals surface area contributed by atoms with Crippen molar-refractivity contribution in [3.8, 4) is 0 Å². The molecule has 0 saturated heterocycles. The Bertz CT molecular complexity index is 644. The van der Waals surface area contributed by atoms with E-state index in [4.69, 9.17) is 0 Å². The second-order valence-corrected chi connectivity index (χ2v) is 6.79. The fraction of sp³-hybridized carbons (Fsp3) is 0.353. The highest BCUT2D eigenvalue weighted by Gasteiger charge is 2.28. The van der Waals surface area contributed by atoms with Crippen molar-refractivity contribution >= 4 is 22.9 Å². The van der Waals surface area contributed by atoms with E-state index in [9.17, 15) is 4.79 Å². The van der Waals surface area contributed by atoms with Crippen LogP contribution in [-0.2, 0) is 6.54 Å². The van der Waals surface area contributed by atoms with E-state index in [1.165, 1.54) is 35.3 Å². The molecule has 1 N–H and O–H groups in total. The Morgan fingerprint density at radius 2 is 2.14 bits per heavy atom. The van der Waals surface area contributed by atoms with Gasteiger partial charge in [-0.15, -0.1) is 11.3 Å². The van der Waals surface area contributed by atoms with Gasteiger partial charge in [0.1, 0.15) is 0 Å². The normalized spacial score (nSPS) is 14.4. The molecule has 4 heteroatoms. The molecule has 0 spiro atoms. The summed E-state index contributed by atoms with van der Waals surface area (Å²) >= 11 is 1.54. The van der Waals surface area contributed by atoms with Crippen molar-refractivity contribution < 1.29 is 4.79 Å². The number of anilines is 1. The van der Waals surface area contributed by atoms with E-state index < -0.39 is 0 Å². The van der Waals surface area contributed by atoms with E-state index in [-0.39, 0.29) is 5.91 Å². The number of nitrogens with zero attached hydrogens (tertiary/aromatic N) is 1. The minimum absolute atomic E-state index is 0.0221. The molecule has 0 aliphatic heterocycles. The highest BCUT2D eigenvalue weighted by Crippen LogP contribution is 2.43. The van der Waals surface area contributed by atoms with Crippen LogP contribution in [-0.4, -0.2) is 24.9 Å². The van der Waals surface area contributed by atoms with Crippen molar-refractivity contribution in [3.63, 3.8) is 0 Å². The first kappa shape index (κ1) is 14.3. The number of rotatable bonds is 5. The van der Waals surface area contributed by atoms with Crippen LogP contribution >= 0.6 is 11.3 Å². The molecular weight excluding hydrogens is 280 g/mol. The molecule has 2 aromatic rings. The maximum Gasteiger partial charge on any atom is 0.266 e. The quantitative estimate of drug-likeness (QED) is 0.907. The van der Waals surface area contributed by atoms with Crippen molar-refractivity contribution in [1.82, 2.24) is 4.90 Å². The lowest BCUT2D eigenvalue weighted by Crippen LogP contribution is -2.13. The third kappa shape index (κ3) is 3.52. The number of nitrogens with one attached hydrogen (secondary N) is 1.